The molecule has 2 heterocycles. The quantitative estimate of drug-likeness (QED) is 0.420. The van der Waals surface area contributed by atoms with Gasteiger partial charge in [0.25, 0.3) is 0 Å². The van der Waals surface area contributed by atoms with Crippen molar-refractivity contribution in [2.24, 2.45) is 4.99 Å². The molecule has 2 aromatic carbocycles. The second-order valence-electron chi connectivity index (χ2n) is 8.64. The molecule has 0 fully saturated rings. The molecule has 37 heavy (non-hydrogen) atoms. The molecule has 1 amide bonds. The number of alkyl halides is 3. The highest BCUT2D eigenvalue weighted by atomic mass is 19.4. The Hall–Kier alpha value is -4.18. The lowest BCUT2D eigenvalue weighted by molar-refractivity contribution is -0.138. The van der Waals surface area contributed by atoms with E-state index in [4.69, 9.17) is 4.74 Å². The van der Waals surface area contributed by atoms with Crippen LogP contribution in [0.15, 0.2) is 71.9 Å². The summed E-state index contributed by atoms with van der Waals surface area (Å²) in [5.74, 6) is 1.30. The predicted octanol–water partition coefficient (Wildman–Crippen LogP) is 4.96. The minimum Gasteiger partial charge on any atom is -0.457 e. The van der Waals surface area contributed by atoms with Crippen molar-refractivity contribution in [1.82, 2.24) is 15.2 Å². The third-order valence-corrected chi connectivity index (χ3v) is 5.34. The number of hydrogen-bond donors (Lipinski definition) is 2. The number of ether oxygens (including phenoxy) is 1. The normalized spacial score (nSPS) is 13.5. The molecule has 0 radical (unpaired) electrons. The molecule has 7 nitrogen and oxygen atoms in total. The molecule has 0 bridgehead atoms. The van der Waals surface area contributed by atoms with Crippen LogP contribution in [0.1, 0.15) is 22.4 Å². The van der Waals surface area contributed by atoms with E-state index in [1.165, 1.54) is 18.2 Å². The van der Waals surface area contributed by atoms with Gasteiger partial charge in [-0.15, -0.1) is 0 Å². The first-order valence-corrected chi connectivity index (χ1v) is 11.5. The van der Waals surface area contributed by atoms with Gasteiger partial charge >= 0.3 is 6.18 Å². The van der Waals surface area contributed by atoms with E-state index in [0.29, 0.717) is 29.3 Å². The maximum atomic E-state index is 13.5. The first-order chi connectivity index (χ1) is 17.7. The molecule has 1 aromatic heterocycles. The Kier molecular flexibility index (Phi) is 7.88. The molecule has 192 valence electrons. The average Bonchev–Trinajstić information content (AvgIpc) is 3.38. The van der Waals surface area contributed by atoms with Crippen LogP contribution < -0.4 is 15.4 Å². The Morgan fingerprint density at radius 1 is 1.14 bits per heavy atom. The largest absolute Gasteiger partial charge is 0.457 e. The minimum absolute atomic E-state index is 0.0661. The van der Waals surface area contributed by atoms with Crippen LogP contribution in [-0.2, 0) is 17.5 Å². The molecule has 0 atom stereocenters. The SMILES string of the molecule is CN(C)Cc1ccc(NC(=O)/C=C/c2cccc(Oc3ccnc(C4=NCCN4)c3)c2)cc1C(F)(F)F. The molecule has 1 aliphatic rings. The van der Waals surface area contributed by atoms with Gasteiger partial charge in [0.15, 0.2) is 0 Å². The monoisotopic (exact) mass is 509 g/mol. The van der Waals surface area contributed by atoms with Crippen LogP contribution >= 0.6 is 0 Å². The zero-order chi connectivity index (χ0) is 26.4. The lowest BCUT2D eigenvalue weighted by Gasteiger charge is -2.17. The van der Waals surface area contributed by atoms with Gasteiger partial charge in [0.05, 0.1) is 12.1 Å². The smallest absolute Gasteiger partial charge is 0.416 e. The number of aliphatic imine (C=N–C) groups is 1. The lowest BCUT2D eigenvalue weighted by Crippen LogP contribution is -2.20. The Balaban J connectivity index is 1.42. The van der Waals surface area contributed by atoms with E-state index in [1.54, 1.807) is 67.7 Å². The van der Waals surface area contributed by atoms with Crippen molar-refractivity contribution >= 4 is 23.5 Å². The summed E-state index contributed by atoms with van der Waals surface area (Å²) < 4.78 is 46.5. The van der Waals surface area contributed by atoms with Crippen LogP contribution in [0.2, 0.25) is 0 Å². The molecule has 0 saturated heterocycles. The van der Waals surface area contributed by atoms with Gasteiger partial charge in [-0.3, -0.25) is 14.8 Å². The molecule has 0 spiro atoms. The average molecular weight is 510 g/mol. The Morgan fingerprint density at radius 3 is 2.68 bits per heavy atom. The molecular weight excluding hydrogens is 483 g/mol. The highest BCUT2D eigenvalue weighted by Crippen LogP contribution is 2.34. The van der Waals surface area contributed by atoms with E-state index in [9.17, 15) is 18.0 Å². The van der Waals surface area contributed by atoms with Gasteiger partial charge in [0.1, 0.15) is 23.0 Å². The van der Waals surface area contributed by atoms with Gasteiger partial charge in [-0.05, 0) is 61.6 Å². The molecule has 10 heteroatoms. The molecule has 0 aliphatic carbocycles. The highest BCUT2D eigenvalue weighted by Gasteiger charge is 2.33. The van der Waals surface area contributed by atoms with Crippen molar-refractivity contribution in [2.45, 2.75) is 12.7 Å². The Labute approximate surface area is 212 Å². The summed E-state index contributed by atoms with van der Waals surface area (Å²) in [6.45, 7) is 1.61. The van der Waals surface area contributed by atoms with Crippen molar-refractivity contribution in [3.63, 3.8) is 0 Å². The van der Waals surface area contributed by atoms with Gasteiger partial charge < -0.3 is 20.3 Å². The second kappa shape index (κ2) is 11.3. The number of nitrogens with zero attached hydrogens (tertiary/aromatic N) is 3. The Bertz CT molecular complexity index is 1340. The number of hydrogen-bond acceptors (Lipinski definition) is 6. The molecule has 0 unspecified atom stereocenters. The number of pyridine rings is 1. The van der Waals surface area contributed by atoms with Crippen molar-refractivity contribution in [1.29, 1.82) is 0 Å². The summed E-state index contributed by atoms with van der Waals surface area (Å²) in [6.07, 6.45) is -0.0749. The zero-order valence-electron chi connectivity index (χ0n) is 20.3. The number of carbonyl (C=O) groups excluding carboxylic acids is 1. The van der Waals surface area contributed by atoms with E-state index in [1.807, 2.05) is 0 Å². The van der Waals surface area contributed by atoms with Gasteiger partial charge in [-0.2, -0.15) is 13.2 Å². The minimum atomic E-state index is -4.53. The van der Waals surface area contributed by atoms with Crippen LogP contribution in [0.3, 0.4) is 0 Å². The Morgan fingerprint density at radius 2 is 1.95 bits per heavy atom. The molecule has 3 aromatic rings. The third kappa shape index (κ3) is 7.17. The number of nitrogens with one attached hydrogen (secondary N) is 2. The summed E-state index contributed by atoms with van der Waals surface area (Å²) in [7, 11) is 3.39. The van der Waals surface area contributed by atoms with E-state index in [0.717, 1.165) is 18.4 Å². The van der Waals surface area contributed by atoms with Crippen LogP contribution in [0.5, 0.6) is 11.5 Å². The van der Waals surface area contributed by atoms with Crippen LogP contribution in [0, 0.1) is 0 Å². The van der Waals surface area contributed by atoms with Crippen LogP contribution in [0.4, 0.5) is 18.9 Å². The third-order valence-electron chi connectivity index (χ3n) is 5.34. The topological polar surface area (TPSA) is 78.9 Å². The number of amides is 1. The van der Waals surface area contributed by atoms with E-state index < -0.39 is 17.6 Å². The molecule has 1 aliphatic heterocycles. The maximum absolute atomic E-state index is 13.5. The summed E-state index contributed by atoms with van der Waals surface area (Å²) in [5.41, 5.74) is 0.795. The highest BCUT2D eigenvalue weighted by molar-refractivity contribution is 6.02. The second-order valence-corrected chi connectivity index (χ2v) is 8.64. The molecule has 2 N–H and O–H groups in total. The van der Waals surface area contributed by atoms with Crippen molar-refractivity contribution in [2.75, 3.05) is 32.5 Å². The molecule has 0 saturated carbocycles. The maximum Gasteiger partial charge on any atom is 0.416 e. The number of carbonyl (C=O) groups is 1. The first-order valence-electron chi connectivity index (χ1n) is 11.5. The fourth-order valence-corrected chi connectivity index (χ4v) is 3.74. The fourth-order valence-electron chi connectivity index (χ4n) is 3.74. The number of amidine groups is 1. The van der Waals surface area contributed by atoms with Crippen LogP contribution in [-0.4, -0.2) is 48.8 Å². The van der Waals surface area contributed by atoms with Crippen molar-refractivity contribution < 1.29 is 22.7 Å². The standard InChI is InChI=1S/C27H26F3N5O2/c1-35(2)17-19-7-8-20(15-23(19)27(28,29)30)34-25(36)9-6-18-4-3-5-21(14-18)37-22-10-11-31-24(16-22)26-32-12-13-33-26/h3-11,14-16H,12-13,17H2,1-2H3,(H,32,33)(H,34,36)/b9-6+. The fraction of sp³-hybridized carbons (Fsp3) is 0.222. The van der Waals surface area contributed by atoms with E-state index >= 15 is 0 Å². The molecular formula is C27H26F3N5O2. The van der Waals surface area contributed by atoms with E-state index in [-0.39, 0.29) is 17.8 Å². The van der Waals surface area contributed by atoms with Gasteiger partial charge in [-0.1, -0.05) is 18.2 Å². The van der Waals surface area contributed by atoms with Crippen molar-refractivity contribution in [3.8, 4) is 11.5 Å². The van der Waals surface area contributed by atoms with Gasteiger partial charge in [0, 0.05) is 37.1 Å². The van der Waals surface area contributed by atoms with Crippen molar-refractivity contribution in [3.05, 3.63) is 89.3 Å². The van der Waals surface area contributed by atoms with Gasteiger partial charge in [-0.25, -0.2) is 0 Å². The number of aromatic nitrogens is 1. The number of rotatable bonds is 8. The van der Waals surface area contributed by atoms with Gasteiger partial charge in [0.2, 0.25) is 5.91 Å². The van der Waals surface area contributed by atoms with Crippen LogP contribution in [0.25, 0.3) is 6.08 Å². The number of benzene rings is 2. The first kappa shape index (κ1) is 25.9. The summed E-state index contributed by atoms with van der Waals surface area (Å²) in [6, 6.07) is 14.4. The lowest BCUT2D eigenvalue weighted by atomic mass is 10.1. The molecule has 4 rings (SSSR count). The predicted molar refractivity (Wildman–Crippen MR) is 137 cm³/mol. The number of halogens is 3. The summed E-state index contributed by atoms with van der Waals surface area (Å²) in [5, 5.41) is 5.66. The van der Waals surface area contributed by atoms with E-state index in [2.05, 4.69) is 20.6 Å². The summed E-state index contributed by atoms with van der Waals surface area (Å²) >= 11 is 0. The number of anilines is 1. The zero-order valence-corrected chi connectivity index (χ0v) is 20.3. The summed E-state index contributed by atoms with van der Waals surface area (Å²) in [4.78, 5) is 22.7.